The van der Waals surface area contributed by atoms with Crippen LogP contribution in [0.3, 0.4) is 0 Å². The van der Waals surface area contributed by atoms with Crippen LogP contribution in [0.1, 0.15) is 23.6 Å². The van der Waals surface area contributed by atoms with E-state index >= 15 is 0 Å². The fourth-order valence-corrected chi connectivity index (χ4v) is 6.01. The number of esters is 1. The second kappa shape index (κ2) is 19.7. The van der Waals surface area contributed by atoms with Crippen LogP contribution < -0.4 is 10.6 Å². The maximum atomic E-state index is 13.0. The second-order valence-electron chi connectivity index (χ2n) is 12.1. The lowest BCUT2D eigenvalue weighted by Gasteiger charge is -2.43. The van der Waals surface area contributed by atoms with Gasteiger partial charge in [-0.25, -0.2) is 4.79 Å². The lowest BCUT2D eigenvalue weighted by molar-refractivity contribution is -0.578. The van der Waals surface area contributed by atoms with Crippen LogP contribution in [0, 0.1) is 10.1 Å². The molecule has 1 heterocycles. The molecule has 0 unspecified atom stereocenters. The van der Waals surface area contributed by atoms with Crippen molar-refractivity contribution in [2.75, 3.05) is 19.0 Å². The van der Waals surface area contributed by atoms with E-state index in [9.17, 15) is 14.9 Å². The summed E-state index contributed by atoms with van der Waals surface area (Å²) in [5.41, 5.74) is 3.31. The molecule has 0 amide bonds. The second-order valence-corrected chi connectivity index (χ2v) is 12.6. The number of para-hydroxylation sites is 1. The fourth-order valence-electron chi connectivity index (χ4n) is 5.77. The molecule has 0 saturated carbocycles. The van der Waals surface area contributed by atoms with Crippen LogP contribution >= 0.6 is 12.2 Å². The summed E-state index contributed by atoms with van der Waals surface area (Å²) in [5, 5.41) is 19.0. The third-order valence-corrected chi connectivity index (χ3v) is 8.63. The fraction of sp³-hybridized carbons (Fsp3) is 0.333. The topological polar surface area (TPSA) is 140 Å². The molecular formula is C39H43N3O9S. The van der Waals surface area contributed by atoms with Crippen molar-refractivity contribution in [2.24, 2.45) is 0 Å². The Morgan fingerprint density at radius 1 is 0.808 bits per heavy atom. The molecule has 52 heavy (non-hydrogen) atoms. The van der Waals surface area contributed by atoms with Crippen LogP contribution in [0.4, 0.5) is 5.69 Å². The van der Waals surface area contributed by atoms with E-state index in [1.165, 1.54) is 7.11 Å². The zero-order valence-electron chi connectivity index (χ0n) is 28.9. The highest BCUT2D eigenvalue weighted by molar-refractivity contribution is 7.80. The SMILES string of the molecule is COC(=O)[C@@H](NC(=S)Nc1ccccc1)[C@@H](C)O[C@H]1O[C@H](COCc2ccccc2)[C@H](OCc2ccccc2)[C@H](OCc2ccccc2)[C@H]1[N+](=O)[O-]. The van der Waals surface area contributed by atoms with E-state index in [-0.39, 0.29) is 31.5 Å². The van der Waals surface area contributed by atoms with Gasteiger partial charge in [0.25, 0.3) is 6.04 Å². The number of methoxy groups -OCH3 is 1. The first-order valence-corrected chi connectivity index (χ1v) is 17.3. The highest BCUT2D eigenvalue weighted by atomic mass is 32.1. The summed E-state index contributed by atoms with van der Waals surface area (Å²) in [6, 6.07) is 34.8. The number of hydrogen-bond donors (Lipinski definition) is 2. The van der Waals surface area contributed by atoms with Crippen LogP contribution in [0.2, 0.25) is 0 Å². The van der Waals surface area contributed by atoms with Gasteiger partial charge in [-0.3, -0.25) is 10.1 Å². The van der Waals surface area contributed by atoms with Gasteiger partial charge in [-0.1, -0.05) is 109 Å². The van der Waals surface area contributed by atoms with E-state index in [4.69, 9.17) is 40.6 Å². The summed E-state index contributed by atoms with van der Waals surface area (Å²) in [5.74, 6) is -0.693. The van der Waals surface area contributed by atoms with Crippen LogP contribution in [0.15, 0.2) is 121 Å². The molecular weight excluding hydrogens is 687 g/mol. The molecule has 13 heteroatoms. The minimum atomic E-state index is -1.56. The lowest BCUT2D eigenvalue weighted by atomic mass is 9.96. The number of nitro groups is 1. The molecule has 4 aromatic carbocycles. The van der Waals surface area contributed by atoms with Gasteiger partial charge < -0.3 is 39.1 Å². The predicted molar refractivity (Wildman–Crippen MR) is 198 cm³/mol. The largest absolute Gasteiger partial charge is 0.467 e. The number of hydrogen-bond acceptors (Lipinski definition) is 10. The molecule has 12 nitrogen and oxygen atoms in total. The molecule has 1 fully saturated rings. The van der Waals surface area contributed by atoms with E-state index in [1.807, 2.05) is 121 Å². The molecule has 4 aromatic rings. The molecule has 0 radical (unpaired) electrons. The maximum Gasteiger partial charge on any atom is 0.331 e. The normalized spacial score (nSPS) is 21.0. The van der Waals surface area contributed by atoms with Gasteiger partial charge in [0.05, 0.1) is 39.6 Å². The maximum absolute atomic E-state index is 13.0. The lowest BCUT2D eigenvalue weighted by Crippen LogP contribution is -2.64. The Morgan fingerprint density at radius 3 is 1.83 bits per heavy atom. The summed E-state index contributed by atoms with van der Waals surface area (Å²) in [4.78, 5) is 25.5. The Bertz CT molecular complexity index is 1690. The number of benzene rings is 4. The molecule has 1 aliphatic rings. The third-order valence-electron chi connectivity index (χ3n) is 8.41. The summed E-state index contributed by atoms with van der Waals surface area (Å²) in [7, 11) is 1.23. The Kier molecular flexibility index (Phi) is 14.6. The van der Waals surface area contributed by atoms with E-state index in [0.717, 1.165) is 16.7 Å². The molecule has 274 valence electrons. The van der Waals surface area contributed by atoms with Gasteiger partial charge in [-0.05, 0) is 48.0 Å². The highest BCUT2D eigenvalue weighted by Gasteiger charge is 2.55. The number of carbonyl (C=O) groups excluding carboxylic acids is 1. The molecule has 1 aliphatic heterocycles. The van der Waals surface area contributed by atoms with Crippen molar-refractivity contribution in [3.05, 3.63) is 148 Å². The van der Waals surface area contributed by atoms with Gasteiger partial charge in [-0.2, -0.15) is 0 Å². The van der Waals surface area contributed by atoms with Crippen molar-refractivity contribution >= 4 is 29.0 Å². The van der Waals surface area contributed by atoms with Gasteiger partial charge in [-0.15, -0.1) is 0 Å². The summed E-state index contributed by atoms with van der Waals surface area (Å²) >= 11 is 5.48. The molecule has 2 N–H and O–H groups in total. The summed E-state index contributed by atoms with van der Waals surface area (Å²) < 4.78 is 36.7. The standard InChI is InChI=1S/C39H43N3O9S/c1-27(33(37(43)46-2)41-39(52)40-31-21-13-6-14-22-31)50-38-34(42(44)45)36(49-25-30-19-11-5-12-20-30)35(48-24-29-17-9-4-10-18-29)32(51-38)26-47-23-28-15-7-3-8-16-28/h3-22,27,32-36,38H,23-26H2,1-2H3,(H2,40,41,52)/t27-,32-,33+,34-,35+,36-,38+/m1/s1. The van der Waals surface area contributed by atoms with Crippen molar-refractivity contribution in [3.8, 4) is 0 Å². The average Bonchev–Trinajstić information content (AvgIpc) is 3.16. The third kappa shape index (κ3) is 11.1. The number of anilines is 1. The number of carbonyl (C=O) groups is 1. The summed E-state index contributed by atoms with van der Waals surface area (Å²) in [6.07, 6.45) is -5.48. The first-order chi connectivity index (χ1) is 25.3. The Labute approximate surface area is 308 Å². The van der Waals surface area contributed by atoms with E-state index < -0.39 is 53.7 Å². The Morgan fingerprint density at radius 2 is 1.31 bits per heavy atom. The zero-order valence-corrected chi connectivity index (χ0v) is 29.8. The van der Waals surface area contributed by atoms with Crippen molar-refractivity contribution in [3.63, 3.8) is 0 Å². The average molecular weight is 730 g/mol. The zero-order chi connectivity index (χ0) is 36.7. The first-order valence-electron chi connectivity index (χ1n) is 16.9. The minimum absolute atomic E-state index is 0.00197. The van der Waals surface area contributed by atoms with Crippen molar-refractivity contribution < 1.29 is 38.1 Å². The van der Waals surface area contributed by atoms with Gasteiger partial charge >= 0.3 is 5.97 Å². The number of nitrogens with zero attached hydrogens (tertiary/aromatic N) is 1. The van der Waals surface area contributed by atoms with Gasteiger partial charge in [0.1, 0.15) is 12.2 Å². The van der Waals surface area contributed by atoms with Gasteiger partial charge in [0, 0.05) is 10.6 Å². The van der Waals surface area contributed by atoms with Crippen molar-refractivity contribution in [1.29, 1.82) is 0 Å². The van der Waals surface area contributed by atoms with E-state index in [2.05, 4.69) is 10.6 Å². The molecule has 1 saturated heterocycles. The quantitative estimate of drug-likeness (QED) is 0.0599. The van der Waals surface area contributed by atoms with Crippen LogP contribution in [0.25, 0.3) is 0 Å². The molecule has 0 bridgehead atoms. The van der Waals surface area contributed by atoms with Crippen molar-refractivity contribution in [2.45, 2.75) is 69.5 Å². The van der Waals surface area contributed by atoms with Gasteiger partial charge in [0.15, 0.2) is 17.3 Å². The smallest absolute Gasteiger partial charge is 0.331 e. The van der Waals surface area contributed by atoms with E-state index in [1.54, 1.807) is 6.92 Å². The molecule has 0 aromatic heterocycles. The number of nitrogens with one attached hydrogen (secondary N) is 2. The predicted octanol–water partition coefficient (Wildman–Crippen LogP) is 5.68. The Hall–Kier alpha value is -4.76. The van der Waals surface area contributed by atoms with E-state index in [0.29, 0.717) is 5.69 Å². The van der Waals surface area contributed by atoms with Crippen LogP contribution in [-0.2, 0) is 53.0 Å². The molecule has 7 atom stereocenters. The van der Waals surface area contributed by atoms with Crippen LogP contribution in [-0.4, -0.2) is 72.5 Å². The number of thiocarbonyl (C=S) groups is 1. The molecule has 0 aliphatic carbocycles. The first kappa shape index (κ1) is 38.5. The minimum Gasteiger partial charge on any atom is -0.467 e. The van der Waals surface area contributed by atoms with Crippen LogP contribution in [0.5, 0.6) is 0 Å². The monoisotopic (exact) mass is 729 g/mol. The highest BCUT2D eigenvalue weighted by Crippen LogP contribution is 2.31. The van der Waals surface area contributed by atoms with Gasteiger partial charge in [0.2, 0.25) is 6.29 Å². The molecule has 5 rings (SSSR count). The Balaban J connectivity index is 1.42. The number of rotatable bonds is 17. The molecule has 0 spiro atoms. The summed E-state index contributed by atoms with van der Waals surface area (Å²) in [6.45, 7) is 2.05. The number of ether oxygens (including phenoxy) is 6. The van der Waals surface area contributed by atoms with Crippen molar-refractivity contribution in [1.82, 2.24) is 5.32 Å².